The standard InChI is InChI=1S/C15H19O4/c1-11(2)7-8-9(16)12(3,18)14(5-6-14)13(4)15(8,19-13)10(11)17/h7,10,17-18H,1,5-6H2,2-4H3/t10-,11-,12-,13+,15+/m0/s1. The Morgan fingerprint density at radius 1 is 1.37 bits per heavy atom. The molecule has 1 aliphatic heterocycles. The predicted octanol–water partition coefficient (Wildman–Crippen LogP) is 0.769. The summed E-state index contributed by atoms with van der Waals surface area (Å²) in [5, 5.41) is 21.3. The third-order valence-electron chi connectivity index (χ3n) is 6.20. The number of ketones is 1. The summed E-state index contributed by atoms with van der Waals surface area (Å²) in [6.45, 7) is 9.29. The normalized spacial score (nSPS) is 55.6. The van der Waals surface area contributed by atoms with E-state index in [2.05, 4.69) is 6.92 Å². The van der Waals surface area contributed by atoms with Crippen LogP contribution < -0.4 is 0 Å². The fourth-order valence-corrected chi connectivity index (χ4v) is 4.77. The molecule has 1 heterocycles. The van der Waals surface area contributed by atoms with Gasteiger partial charge >= 0.3 is 0 Å². The van der Waals surface area contributed by atoms with Gasteiger partial charge in [0.25, 0.3) is 0 Å². The predicted molar refractivity (Wildman–Crippen MR) is 67.1 cm³/mol. The summed E-state index contributed by atoms with van der Waals surface area (Å²) < 4.78 is 5.97. The van der Waals surface area contributed by atoms with E-state index in [1.54, 1.807) is 19.9 Å². The van der Waals surface area contributed by atoms with Crippen LogP contribution in [-0.2, 0) is 9.53 Å². The number of hydrogen-bond acceptors (Lipinski definition) is 4. The molecule has 4 rings (SSSR count). The van der Waals surface area contributed by atoms with Crippen LogP contribution in [0.4, 0.5) is 0 Å². The van der Waals surface area contributed by atoms with Gasteiger partial charge in [-0.1, -0.05) is 13.0 Å². The second-order valence-corrected chi connectivity index (χ2v) is 7.32. The fraction of sp³-hybridized carbons (Fsp3) is 0.733. The SMILES string of the molecule is [CH2][C@]1(C)C=C2C(=O)[C@](C)(O)C3(CC3)[C@@]3(C)O[C@@]23[C@H]1O. The molecule has 0 aromatic carbocycles. The van der Waals surface area contributed by atoms with Gasteiger partial charge < -0.3 is 14.9 Å². The first-order valence-corrected chi connectivity index (χ1v) is 6.81. The Morgan fingerprint density at radius 3 is 2.47 bits per heavy atom. The molecule has 103 valence electrons. The molecule has 0 aromatic rings. The molecule has 4 aliphatic rings. The van der Waals surface area contributed by atoms with Gasteiger partial charge in [0.05, 0.1) is 6.10 Å². The molecule has 1 saturated heterocycles. The van der Waals surface area contributed by atoms with E-state index < -0.39 is 33.7 Å². The van der Waals surface area contributed by atoms with E-state index in [0.717, 1.165) is 12.8 Å². The first-order valence-electron chi connectivity index (χ1n) is 6.81. The molecule has 4 heteroatoms. The molecule has 1 radical (unpaired) electrons. The lowest BCUT2D eigenvalue weighted by molar-refractivity contribution is -0.145. The monoisotopic (exact) mass is 263 g/mol. The van der Waals surface area contributed by atoms with Crippen LogP contribution in [0.1, 0.15) is 33.6 Å². The zero-order chi connectivity index (χ0) is 14.1. The largest absolute Gasteiger partial charge is 0.389 e. The number of carbonyl (C=O) groups excluding carboxylic acids is 1. The van der Waals surface area contributed by atoms with Crippen LogP contribution in [0.3, 0.4) is 0 Å². The summed E-state index contributed by atoms with van der Waals surface area (Å²) in [6, 6.07) is 0. The van der Waals surface area contributed by atoms with Gasteiger partial charge in [-0.15, -0.1) is 0 Å². The van der Waals surface area contributed by atoms with Crippen LogP contribution in [-0.4, -0.2) is 38.9 Å². The number of fused-ring (bicyclic) bond motifs is 1. The van der Waals surface area contributed by atoms with Crippen molar-refractivity contribution in [3.63, 3.8) is 0 Å². The molecule has 2 saturated carbocycles. The molecule has 3 fully saturated rings. The number of epoxide rings is 1. The number of Topliss-reactive ketones (excluding diaryl/α,β-unsaturated/α-hetero) is 1. The van der Waals surface area contributed by atoms with Crippen molar-refractivity contribution in [2.45, 2.75) is 56.5 Å². The summed E-state index contributed by atoms with van der Waals surface area (Å²) in [5.74, 6) is -0.300. The van der Waals surface area contributed by atoms with E-state index in [1.807, 2.05) is 6.92 Å². The van der Waals surface area contributed by atoms with Crippen molar-refractivity contribution >= 4 is 5.78 Å². The van der Waals surface area contributed by atoms with Gasteiger partial charge in [0.15, 0.2) is 11.4 Å². The van der Waals surface area contributed by atoms with Crippen LogP contribution >= 0.6 is 0 Å². The van der Waals surface area contributed by atoms with Gasteiger partial charge in [-0.2, -0.15) is 0 Å². The van der Waals surface area contributed by atoms with Crippen molar-refractivity contribution in [1.29, 1.82) is 0 Å². The fourth-order valence-electron chi connectivity index (χ4n) is 4.77. The number of rotatable bonds is 0. The van der Waals surface area contributed by atoms with E-state index >= 15 is 0 Å². The maximum Gasteiger partial charge on any atom is 0.193 e. The Hall–Kier alpha value is -0.710. The molecule has 2 N–H and O–H groups in total. The maximum atomic E-state index is 12.7. The van der Waals surface area contributed by atoms with Gasteiger partial charge in [-0.3, -0.25) is 4.79 Å². The van der Waals surface area contributed by atoms with Crippen LogP contribution in [0.25, 0.3) is 0 Å². The Kier molecular flexibility index (Phi) is 1.63. The molecule has 5 atom stereocenters. The highest BCUT2D eigenvalue weighted by Crippen LogP contribution is 2.80. The van der Waals surface area contributed by atoms with E-state index in [9.17, 15) is 15.0 Å². The molecule has 4 nitrogen and oxygen atoms in total. The van der Waals surface area contributed by atoms with Crippen molar-refractivity contribution in [3.05, 3.63) is 18.6 Å². The van der Waals surface area contributed by atoms with Crippen molar-refractivity contribution in [1.82, 2.24) is 0 Å². The first kappa shape index (κ1) is 12.1. The maximum absolute atomic E-state index is 12.7. The van der Waals surface area contributed by atoms with E-state index in [4.69, 9.17) is 4.74 Å². The number of hydrogen-bond donors (Lipinski definition) is 2. The highest BCUT2D eigenvalue weighted by atomic mass is 16.6. The average Bonchev–Trinajstić information content (AvgIpc) is 3.16. The molecule has 3 aliphatic carbocycles. The minimum absolute atomic E-state index is 0.300. The quantitative estimate of drug-likeness (QED) is 0.633. The van der Waals surface area contributed by atoms with Gasteiger partial charge in [0.1, 0.15) is 11.2 Å². The van der Waals surface area contributed by atoms with Crippen LogP contribution in [0.2, 0.25) is 0 Å². The van der Waals surface area contributed by atoms with Gasteiger partial charge in [0, 0.05) is 16.4 Å². The lowest BCUT2D eigenvalue weighted by Gasteiger charge is -2.42. The molecule has 0 unspecified atom stereocenters. The lowest BCUT2D eigenvalue weighted by Crippen LogP contribution is -2.61. The van der Waals surface area contributed by atoms with Gasteiger partial charge in [0.2, 0.25) is 0 Å². The zero-order valence-corrected chi connectivity index (χ0v) is 11.5. The molecule has 0 aromatic heterocycles. The third-order valence-corrected chi connectivity index (χ3v) is 6.20. The zero-order valence-electron chi connectivity index (χ0n) is 11.5. The average molecular weight is 263 g/mol. The lowest BCUT2D eigenvalue weighted by atomic mass is 9.60. The Balaban J connectivity index is 1.97. The van der Waals surface area contributed by atoms with Gasteiger partial charge in [-0.05, 0) is 33.6 Å². The molecule has 19 heavy (non-hydrogen) atoms. The summed E-state index contributed by atoms with van der Waals surface area (Å²) >= 11 is 0. The molecular formula is C15H19O4. The van der Waals surface area contributed by atoms with E-state index in [0.29, 0.717) is 5.57 Å². The number of ether oxygens (including phenoxy) is 1. The van der Waals surface area contributed by atoms with Crippen molar-refractivity contribution in [2.75, 3.05) is 0 Å². The molecule has 0 bridgehead atoms. The topological polar surface area (TPSA) is 70.1 Å². The Labute approximate surface area is 112 Å². The second kappa shape index (κ2) is 2.57. The number of aliphatic hydroxyl groups excluding tert-OH is 1. The van der Waals surface area contributed by atoms with Crippen LogP contribution in [0, 0.1) is 17.8 Å². The second-order valence-electron chi connectivity index (χ2n) is 7.32. The van der Waals surface area contributed by atoms with Crippen LogP contribution in [0.15, 0.2) is 11.6 Å². The minimum atomic E-state index is -1.41. The summed E-state index contributed by atoms with van der Waals surface area (Å²) in [4.78, 5) is 12.7. The van der Waals surface area contributed by atoms with Gasteiger partial charge in [-0.25, -0.2) is 0 Å². The third kappa shape index (κ3) is 0.867. The first-order chi connectivity index (χ1) is 8.57. The van der Waals surface area contributed by atoms with Crippen molar-refractivity contribution in [2.24, 2.45) is 10.8 Å². The minimum Gasteiger partial charge on any atom is -0.389 e. The Morgan fingerprint density at radius 2 is 1.95 bits per heavy atom. The molecule has 0 amide bonds. The Bertz CT molecular complexity index is 554. The van der Waals surface area contributed by atoms with Crippen molar-refractivity contribution < 1.29 is 19.7 Å². The van der Waals surface area contributed by atoms with Crippen molar-refractivity contribution in [3.8, 4) is 0 Å². The smallest absolute Gasteiger partial charge is 0.193 e. The molecule has 2 spiro atoms. The number of aliphatic hydroxyl groups is 2. The van der Waals surface area contributed by atoms with E-state index in [1.165, 1.54) is 0 Å². The van der Waals surface area contributed by atoms with Crippen LogP contribution in [0.5, 0.6) is 0 Å². The molecular weight excluding hydrogens is 244 g/mol. The highest BCUT2D eigenvalue weighted by molar-refractivity contribution is 6.08. The highest BCUT2D eigenvalue weighted by Gasteiger charge is 2.92. The van der Waals surface area contributed by atoms with E-state index in [-0.39, 0.29) is 5.78 Å². The summed E-state index contributed by atoms with van der Waals surface area (Å²) in [7, 11) is 0. The number of carbonyl (C=O) groups is 1. The summed E-state index contributed by atoms with van der Waals surface area (Å²) in [5.41, 5.74) is -3.89. The summed E-state index contributed by atoms with van der Waals surface area (Å²) in [6.07, 6.45) is 2.38.